The maximum Gasteiger partial charge on any atom is 0.224 e. The Balaban J connectivity index is 2.01. The van der Waals surface area contributed by atoms with E-state index in [0.29, 0.717) is 37.2 Å². The highest BCUT2D eigenvalue weighted by molar-refractivity contribution is 5.80. The summed E-state index contributed by atoms with van der Waals surface area (Å²) in [4.78, 5) is 13.7. The highest BCUT2D eigenvalue weighted by Crippen LogP contribution is 2.36. The van der Waals surface area contributed by atoms with Crippen molar-refractivity contribution in [3.8, 4) is 17.0 Å². The second-order valence-electron chi connectivity index (χ2n) is 7.67. The minimum Gasteiger partial charge on any atom is -0.481 e. The van der Waals surface area contributed by atoms with Crippen LogP contribution in [0.5, 0.6) is 5.88 Å². The summed E-state index contributed by atoms with van der Waals surface area (Å²) in [5.41, 5.74) is 3.05. The molecule has 0 unspecified atom stereocenters. The summed E-state index contributed by atoms with van der Waals surface area (Å²) >= 11 is 0. The number of aryl methyl sites for hydroxylation is 2. The molecule has 0 amide bonds. The first kappa shape index (κ1) is 23.1. The molecule has 170 valence electrons. The van der Waals surface area contributed by atoms with Gasteiger partial charge >= 0.3 is 0 Å². The number of ether oxygens (including phenoxy) is 2. The van der Waals surface area contributed by atoms with Gasteiger partial charge in [-0.15, -0.1) is 0 Å². The number of aromatic nitrogens is 3. The lowest BCUT2D eigenvalue weighted by molar-refractivity contribution is 0.00446. The van der Waals surface area contributed by atoms with Crippen LogP contribution < -0.4 is 15.4 Å². The van der Waals surface area contributed by atoms with E-state index >= 15 is 0 Å². The van der Waals surface area contributed by atoms with Crippen molar-refractivity contribution >= 4 is 11.8 Å². The average Bonchev–Trinajstić information content (AvgIpc) is 3.02. The van der Waals surface area contributed by atoms with Gasteiger partial charge in [0, 0.05) is 49.1 Å². The van der Waals surface area contributed by atoms with Crippen molar-refractivity contribution in [2.75, 3.05) is 44.6 Å². The molecule has 2 aromatic rings. The molecule has 1 aliphatic carbocycles. The van der Waals surface area contributed by atoms with Crippen molar-refractivity contribution in [3.05, 3.63) is 23.5 Å². The fraction of sp³-hybridized carbons (Fsp3) is 0.571. The number of methoxy groups -OCH3 is 2. The molecule has 1 fully saturated rings. The minimum atomic E-state index is -1.03. The maximum absolute atomic E-state index is 10.5. The van der Waals surface area contributed by atoms with Crippen LogP contribution in [0.25, 0.3) is 11.1 Å². The highest BCUT2D eigenvalue weighted by atomic mass is 16.5. The molecule has 10 heteroatoms. The SMILES string of the molecule is COCCNc1nc(C)c(-c2ccc(OC)nc2C)c(N[C@@H]2C[C@H](CO)[C@@H](O)[C@H]2O)n1. The number of nitrogens with zero attached hydrogens (tertiary/aromatic N) is 3. The molecule has 3 rings (SSSR count). The first-order valence-corrected chi connectivity index (χ1v) is 10.3. The lowest BCUT2D eigenvalue weighted by Gasteiger charge is -2.22. The molecule has 1 saturated carbocycles. The summed E-state index contributed by atoms with van der Waals surface area (Å²) in [6, 6.07) is 3.19. The van der Waals surface area contributed by atoms with Crippen molar-refractivity contribution < 1.29 is 24.8 Å². The van der Waals surface area contributed by atoms with Gasteiger partial charge < -0.3 is 35.4 Å². The van der Waals surface area contributed by atoms with E-state index in [9.17, 15) is 15.3 Å². The van der Waals surface area contributed by atoms with Crippen molar-refractivity contribution in [1.82, 2.24) is 15.0 Å². The molecule has 0 spiro atoms. The van der Waals surface area contributed by atoms with Crippen LogP contribution in [0.3, 0.4) is 0 Å². The first-order chi connectivity index (χ1) is 14.9. The van der Waals surface area contributed by atoms with Crippen LogP contribution in [0.1, 0.15) is 17.8 Å². The van der Waals surface area contributed by atoms with Gasteiger partial charge in [0.15, 0.2) is 0 Å². The van der Waals surface area contributed by atoms with Gasteiger partial charge in [0.25, 0.3) is 0 Å². The fourth-order valence-electron chi connectivity index (χ4n) is 3.88. The molecule has 4 atom stereocenters. The van der Waals surface area contributed by atoms with Crippen LogP contribution in [-0.2, 0) is 4.74 Å². The Hall–Kier alpha value is -2.53. The topological polar surface area (TPSA) is 142 Å². The average molecular weight is 434 g/mol. The van der Waals surface area contributed by atoms with E-state index in [1.807, 2.05) is 19.9 Å². The maximum atomic E-state index is 10.5. The van der Waals surface area contributed by atoms with Gasteiger partial charge in [0.05, 0.1) is 31.6 Å². The van der Waals surface area contributed by atoms with Crippen LogP contribution in [0.15, 0.2) is 12.1 Å². The van der Waals surface area contributed by atoms with Gasteiger partial charge in [0.1, 0.15) is 11.9 Å². The van der Waals surface area contributed by atoms with Crippen molar-refractivity contribution in [2.45, 2.75) is 38.5 Å². The van der Waals surface area contributed by atoms with Crippen molar-refractivity contribution in [3.63, 3.8) is 0 Å². The predicted octanol–water partition coefficient (Wildman–Crippen LogP) is 0.737. The molecule has 0 aromatic carbocycles. The Morgan fingerprint density at radius 3 is 2.45 bits per heavy atom. The van der Waals surface area contributed by atoms with Gasteiger partial charge in [-0.1, -0.05) is 0 Å². The monoisotopic (exact) mass is 433 g/mol. The smallest absolute Gasteiger partial charge is 0.224 e. The summed E-state index contributed by atoms with van der Waals surface area (Å²) in [6.07, 6.45) is -1.62. The summed E-state index contributed by atoms with van der Waals surface area (Å²) in [7, 11) is 3.18. The standard InChI is InChI=1S/C21H31N5O5/c1-11-14(5-6-16(23-11)31-4)17-12(2)24-21(22-7-8-30-3)26-20(17)25-15-9-13(10-27)18(28)19(15)29/h5-6,13,15,18-19,27-29H,7-10H2,1-4H3,(H2,22,24,25,26)/t13-,15-,18-,19+/m1/s1. The van der Waals surface area contributed by atoms with Crippen molar-refractivity contribution in [2.24, 2.45) is 5.92 Å². The Labute approximate surface area is 181 Å². The summed E-state index contributed by atoms with van der Waals surface area (Å²) in [5.74, 6) is 1.04. The second kappa shape index (κ2) is 10.2. The first-order valence-electron chi connectivity index (χ1n) is 10.3. The van der Waals surface area contributed by atoms with Gasteiger partial charge in [-0.25, -0.2) is 9.97 Å². The molecule has 0 radical (unpaired) electrons. The Morgan fingerprint density at radius 2 is 1.84 bits per heavy atom. The summed E-state index contributed by atoms with van der Waals surface area (Å²) in [5, 5.41) is 36.6. The molecule has 10 nitrogen and oxygen atoms in total. The molecule has 1 aliphatic rings. The largest absolute Gasteiger partial charge is 0.481 e. The molecule has 2 aromatic heterocycles. The van der Waals surface area contributed by atoms with Crippen LogP contribution >= 0.6 is 0 Å². The molecule has 31 heavy (non-hydrogen) atoms. The van der Waals surface area contributed by atoms with Gasteiger partial charge in [-0.3, -0.25) is 0 Å². The quantitative estimate of drug-likeness (QED) is 0.359. The number of rotatable bonds is 9. The number of hydrogen-bond acceptors (Lipinski definition) is 10. The number of hydrogen-bond donors (Lipinski definition) is 5. The molecule has 2 heterocycles. The fourth-order valence-corrected chi connectivity index (χ4v) is 3.88. The van der Waals surface area contributed by atoms with E-state index in [2.05, 4.69) is 25.6 Å². The van der Waals surface area contributed by atoms with E-state index in [0.717, 1.165) is 22.5 Å². The van der Waals surface area contributed by atoms with Gasteiger partial charge in [-0.05, 0) is 26.3 Å². The predicted molar refractivity (Wildman–Crippen MR) is 116 cm³/mol. The van der Waals surface area contributed by atoms with E-state index in [1.165, 1.54) is 0 Å². The van der Waals surface area contributed by atoms with E-state index in [4.69, 9.17) is 9.47 Å². The third-order valence-electron chi connectivity index (χ3n) is 5.58. The molecule has 0 aliphatic heterocycles. The molecule has 5 N–H and O–H groups in total. The van der Waals surface area contributed by atoms with Gasteiger partial charge in [0.2, 0.25) is 11.8 Å². The number of nitrogens with one attached hydrogen (secondary N) is 2. The van der Waals surface area contributed by atoms with E-state index in [-0.39, 0.29) is 6.61 Å². The molecular weight excluding hydrogens is 402 g/mol. The molecule has 0 bridgehead atoms. The second-order valence-corrected chi connectivity index (χ2v) is 7.67. The van der Waals surface area contributed by atoms with Crippen molar-refractivity contribution in [1.29, 1.82) is 0 Å². The summed E-state index contributed by atoms with van der Waals surface area (Å²) in [6.45, 7) is 4.60. The van der Waals surface area contributed by atoms with Crippen LogP contribution in [0, 0.1) is 19.8 Å². The third kappa shape index (κ3) is 5.04. The summed E-state index contributed by atoms with van der Waals surface area (Å²) < 4.78 is 10.3. The number of anilines is 2. The van der Waals surface area contributed by atoms with E-state index < -0.39 is 24.2 Å². The number of aliphatic hydroxyl groups excluding tert-OH is 3. The zero-order chi connectivity index (χ0) is 22.5. The Bertz CT molecular complexity index is 897. The third-order valence-corrected chi connectivity index (χ3v) is 5.58. The lowest BCUT2D eigenvalue weighted by Crippen LogP contribution is -2.35. The van der Waals surface area contributed by atoms with Gasteiger partial charge in [-0.2, -0.15) is 4.98 Å². The zero-order valence-corrected chi connectivity index (χ0v) is 18.3. The van der Waals surface area contributed by atoms with Crippen LogP contribution in [0.4, 0.5) is 11.8 Å². The Morgan fingerprint density at radius 1 is 1.06 bits per heavy atom. The zero-order valence-electron chi connectivity index (χ0n) is 18.3. The highest BCUT2D eigenvalue weighted by Gasteiger charge is 2.41. The molecule has 0 saturated heterocycles. The minimum absolute atomic E-state index is 0.197. The molecular formula is C21H31N5O5. The number of pyridine rings is 1. The normalized spacial score (nSPS) is 23.1. The van der Waals surface area contributed by atoms with Crippen LogP contribution in [0.2, 0.25) is 0 Å². The van der Waals surface area contributed by atoms with E-state index in [1.54, 1.807) is 20.3 Å². The van der Waals surface area contributed by atoms with Crippen LogP contribution in [-0.4, -0.2) is 82.5 Å². The lowest BCUT2D eigenvalue weighted by atomic mass is 10.0. The Kier molecular flexibility index (Phi) is 7.60. The number of aliphatic hydroxyl groups is 3.